The van der Waals surface area contributed by atoms with E-state index >= 15 is 0 Å². The van der Waals surface area contributed by atoms with Crippen molar-refractivity contribution in [3.8, 4) is 16.9 Å². The van der Waals surface area contributed by atoms with Gasteiger partial charge in [0.15, 0.2) is 5.65 Å². The van der Waals surface area contributed by atoms with Gasteiger partial charge in [0, 0.05) is 18.0 Å². The summed E-state index contributed by atoms with van der Waals surface area (Å²) in [6, 6.07) is 6.16. The Morgan fingerprint density at radius 1 is 1.28 bits per heavy atom. The third-order valence-electron chi connectivity index (χ3n) is 2.73. The minimum atomic E-state index is -0.318. The quantitative estimate of drug-likeness (QED) is 0.694. The van der Waals surface area contributed by atoms with Crippen LogP contribution in [0.15, 0.2) is 42.9 Å². The number of halogens is 1. The number of ether oxygens (including phenoxy) is 1. The van der Waals surface area contributed by atoms with E-state index in [2.05, 4.69) is 10.1 Å². The fraction of sp³-hybridized carbons (Fsp3) is 0.0769. The van der Waals surface area contributed by atoms with Crippen LogP contribution >= 0.6 is 0 Å². The van der Waals surface area contributed by atoms with Gasteiger partial charge in [0.2, 0.25) is 0 Å². The van der Waals surface area contributed by atoms with Crippen LogP contribution in [0.1, 0.15) is 0 Å². The fourth-order valence-corrected chi connectivity index (χ4v) is 1.91. The van der Waals surface area contributed by atoms with Crippen molar-refractivity contribution < 1.29 is 9.13 Å². The second-order valence-electron chi connectivity index (χ2n) is 3.79. The first-order valence-corrected chi connectivity index (χ1v) is 5.42. The maximum absolute atomic E-state index is 13.4. The fourth-order valence-electron chi connectivity index (χ4n) is 1.91. The molecule has 90 valence electrons. The van der Waals surface area contributed by atoms with Gasteiger partial charge in [-0.3, -0.25) is 0 Å². The average Bonchev–Trinajstić information content (AvgIpc) is 2.82. The van der Waals surface area contributed by atoms with Gasteiger partial charge in [0.05, 0.1) is 18.9 Å². The van der Waals surface area contributed by atoms with Gasteiger partial charge in [0.25, 0.3) is 0 Å². The molecule has 0 saturated carbocycles. The molecular formula is C13H10FN3O. The van der Waals surface area contributed by atoms with Crippen LogP contribution < -0.4 is 4.74 Å². The Kier molecular flexibility index (Phi) is 2.44. The van der Waals surface area contributed by atoms with E-state index in [0.717, 1.165) is 5.56 Å². The van der Waals surface area contributed by atoms with E-state index in [0.29, 0.717) is 17.0 Å². The smallest absolute Gasteiger partial charge is 0.162 e. The van der Waals surface area contributed by atoms with Gasteiger partial charge < -0.3 is 4.74 Å². The number of aromatic nitrogens is 3. The summed E-state index contributed by atoms with van der Waals surface area (Å²) in [5, 5.41) is 4.18. The molecule has 5 heteroatoms. The molecule has 0 bridgehead atoms. The van der Waals surface area contributed by atoms with Gasteiger partial charge in [-0.2, -0.15) is 5.10 Å². The molecule has 0 N–H and O–H groups in total. The van der Waals surface area contributed by atoms with E-state index in [1.165, 1.54) is 12.1 Å². The number of hydrogen-bond acceptors (Lipinski definition) is 3. The van der Waals surface area contributed by atoms with Crippen molar-refractivity contribution >= 4 is 5.65 Å². The molecule has 2 heterocycles. The first kappa shape index (κ1) is 10.7. The van der Waals surface area contributed by atoms with E-state index in [4.69, 9.17) is 4.74 Å². The Morgan fingerprint density at radius 3 is 3.00 bits per heavy atom. The number of rotatable bonds is 2. The van der Waals surface area contributed by atoms with Gasteiger partial charge in [-0.15, -0.1) is 0 Å². The van der Waals surface area contributed by atoms with Crippen LogP contribution in [-0.2, 0) is 0 Å². The van der Waals surface area contributed by atoms with Crippen molar-refractivity contribution in [1.29, 1.82) is 0 Å². The first-order chi connectivity index (χ1) is 8.79. The molecule has 0 aliphatic rings. The van der Waals surface area contributed by atoms with Crippen molar-refractivity contribution in [2.45, 2.75) is 0 Å². The number of nitrogens with zero attached hydrogens (tertiary/aromatic N) is 3. The summed E-state index contributed by atoms with van der Waals surface area (Å²) >= 11 is 0. The highest BCUT2D eigenvalue weighted by molar-refractivity contribution is 5.80. The third kappa shape index (κ3) is 1.60. The van der Waals surface area contributed by atoms with Gasteiger partial charge in [0.1, 0.15) is 11.6 Å². The summed E-state index contributed by atoms with van der Waals surface area (Å²) in [7, 11) is 1.55. The minimum Gasteiger partial charge on any atom is -0.496 e. The molecule has 0 spiro atoms. The van der Waals surface area contributed by atoms with Crippen LogP contribution in [-0.4, -0.2) is 21.7 Å². The molecular weight excluding hydrogens is 233 g/mol. The van der Waals surface area contributed by atoms with E-state index in [1.54, 1.807) is 42.3 Å². The highest BCUT2D eigenvalue weighted by atomic mass is 19.1. The topological polar surface area (TPSA) is 39.4 Å². The summed E-state index contributed by atoms with van der Waals surface area (Å²) < 4.78 is 20.3. The number of fused-ring (bicyclic) bond motifs is 1. The number of hydrogen-bond donors (Lipinski definition) is 0. The molecule has 0 amide bonds. The second kappa shape index (κ2) is 4.10. The summed E-state index contributed by atoms with van der Waals surface area (Å²) in [6.45, 7) is 0. The second-order valence-corrected chi connectivity index (χ2v) is 3.79. The van der Waals surface area contributed by atoms with Crippen molar-refractivity contribution in [3.05, 3.63) is 48.7 Å². The van der Waals surface area contributed by atoms with Crippen LogP contribution in [0.2, 0.25) is 0 Å². The lowest BCUT2D eigenvalue weighted by Crippen LogP contribution is -1.91. The lowest BCUT2D eigenvalue weighted by molar-refractivity contribution is 0.415. The predicted molar refractivity (Wildman–Crippen MR) is 64.9 cm³/mol. The standard InChI is InChI=1S/C13H10FN3O/c1-18-12-4-3-9(14)7-10(12)11-8-16-17-6-2-5-15-13(11)17/h2-8H,1H3. The lowest BCUT2D eigenvalue weighted by atomic mass is 10.1. The Hall–Kier alpha value is -2.43. The zero-order chi connectivity index (χ0) is 12.5. The lowest BCUT2D eigenvalue weighted by Gasteiger charge is -2.06. The molecule has 3 aromatic rings. The Labute approximate surface area is 103 Å². The van der Waals surface area contributed by atoms with Crippen LogP contribution in [0.5, 0.6) is 5.75 Å². The Bertz CT molecular complexity index is 708. The van der Waals surface area contributed by atoms with E-state index in [9.17, 15) is 4.39 Å². The average molecular weight is 243 g/mol. The molecule has 2 aromatic heterocycles. The van der Waals surface area contributed by atoms with Crippen molar-refractivity contribution in [2.75, 3.05) is 7.11 Å². The van der Waals surface area contributed by atoms with Crippen molar-refractivity contribution in [1.82, 2.24) is 14.6 Å². The zero-order valence-electron chi connectivity index (χ0n) is 9.67. The zero-order valence-corrected chi connectivity index (χ0v) is 9.67. The highest BCUT2D eigenvalue weighted by Gasteiger charge is 2.13. The molecule has 3 rings (SSSR count). The number of methoxy groups -OCH3 is 1. The van der Waals surface area contributed by atoms with E-state index < -0.39 is 0 Å². The van der Waals surface area contributed by atoms with E-state index in [1.807, 2.05) is 0 Å². The molecule has 18 heavy (non-hydrogen) atoms. The summed E-state index contributed by atoms with van der Waals surface area (Å²) in [5.74, 6) is 0.276. The van der Waals surface area contributed by atoms with Crippen LogP contribution in [0.4, 0.5) is 4.39 Å². The largest absolute Gasteiger partial charge is 0.496 e. The SMILES string of the molecule is COc1ccc(F)cc1-c1cnn2cccnc12. The number of benzene rings is 1. The summed E-state index contributed by atoms with van der Waals surface area (Å²) in [6.07, 6.45) is 5.11. The third-order valence-corrected chi connectivity index (χ3v) is 2.73. The van der Waals surface area contributed by atoms with Gasteiger partial charge >= 0.3 is 0 Å². The molecule has 0 aliphatic carbocycles. The van der Waals surface area contributed by atoms with Crippen LogP contribution in [0, 0.1) is 5.82 Å². The van der Waals surface area contributed by atoms with E-state index in [-0.39, 0.29) is 5.82 Å². The van der Waals surface area contributed by atoms with Crippen molar-refractivity contribution in [3.63, 3.8) is 0 Å². The summed E-state index contributed by atoms with van der Waals surface area (Å²) in [5.41, 5.74) is 2.06. The monoisotopic (exact) mass is 243 g/mol. The van der Waals surface area contributed by atoms with Gasteiger partial charge in [-0.1, -0.05) is 0 Å². The molecule has 4 nitrogen and oxygen atoms in total. The molecule has 0 unspecified atom stereocenters. The Balaban J connectivity index is 2.29. The Morgan fingerprint density at radius 2 is 2.17 bits per heavy atom. The van der Waals surface area contributed by atoms with Crippen LogP contribution in [0.25, 0.3) is 16.8 Å². The highest BCUT2D eigenvalue weighted by Crippen LogP contribution is 2.32. The minimum absolute atomic E-state index is 0.318. The molecule has 1 aromatic carbocycles. The first-order valence-electron chi connectivity index (χ1n) is 5.42. The molecule has 0 fully saturated rings. The molecule has 0 radical (unpaired) electrons. The van der Waals surface area contributed by atoms with Crippen LogP contribution in [0.3, 0.4) is 0 Å². The predicted octanol–water partition coefficient (Wildman–Crippen LogP) is 2.54. The van der Waals surface area contributed by atoms with Crippen molar-refractivity contribution in [2.24, 2.45) is 0 Å². The molecule has 0 atom stereocenters. The maximum Gasteiger partial charge on any atom is 0.162 e. The molecule has 0 saturated heterocycles. The summed E-state index contributed by atoms with van der Waals surface area (Å²) in [4.78, 5) is 4.25. The van der Waals surface area contributed by atoms with Gasteiger partial charge in [-0.25, -0.2) is 13.9 Å². The molecule has 0 aliphatic heterocycles. The normalized spacial score (nSPS) is 10.8. The van der Waals surface area contributed by atoms with Gasteiger partial charge in [-0.05, 0) is 24.3 Å². The maximum atomic E-state index is 13.4.